The van der Waals surface area contributed by atoms with Crippen molar-refractivity contribution >= 4 is 17.7 Å². The van der Waals surface area contributed by atoms with Gasteiger partial charge in [-0.25, -0.2) is 9.59 Å². The van der Waals surface area contributed by atoms with Crippen LogP contribution in [0.3, 0.4) is 0 Å². The van der Waals surface area contributed by atoms with Gasteiger partial charge >= 0.3 is 12.1 Å². The van der Waals surface area contributed by atoms with Gasteiger partial charge in [0.2, 0.25) is 0 Å². The van der Waals surface area contributed by atoms with Gasteiger partial charge in [-0.15, -0.1) is 0 Å². The zero-order valence-electron chi connectivity index (χ0n) is 24.3. The second-order valence-corrected chi connectivity index (χ2v) is 9.88. The molecule has 1 saturated heterocycles. The van der Waals surface area contributed by atoms with E-state index in [1.54, 1.807) is 56.4 Å². The van der Waals surface area contributed by atoms with E-state index in [9.17, 15) is 9.59 Å². The van der Waals surface area contributed by atoms with E-state index in [4.69, 9.17) is 18.9 Å². The van der Waals surface area contributed by atoms with Crippen LogP contribution < -0.4 is 24.3 Å². The first-order valence-electron chi connectivity index (χ1n) is 13.6. The van der Waals surface area contributed by atoms with Crippen LogP contribution in [0.25, 0.3) is 0 Å². The number of anilines is 1. The lowest BCUT2D eigenvalue weighted by atomic mass is 9.94. The lowest BCUT2D eigenvalue weighted by Crippen LogP contribution is -2.48. The number of benzene rings is 2. The molecule has 0 spiro atoms. The molecule has 1 fully saturated rings. The quantitative estimate of drug-likeness (QED) is 0.523. The predicted molar refractivity (Wildman–Crippen MR) is 154 cm³/mol. The van der Waals surface area contributed by atoms with Crippen LogP contribution in [0.4, 0.5) is 15.3 Å². The molecule has 1 atom stereocenters. The molecule has 4 rings (SSSR count). The van der Waals surface area contributed by atoms with Gasteiger partial charge in [-0.2, -0.15) is 0 Å². The number of nitrogens with zero attached hydrogens (tertiary/aromatic N) is 3. The summed E-state index contributed by atoms with van der Waals surface area (Å²) < 4.78 is 22.0. The lowest BCUT2D eigenvalue weighted by Gasteiger charge is -2.35. The smallest absolute Gasteiger partial charge is 0.324 e. The standard InChI is InChI=1S/C30H40N4O6/c1-7-32-13-14-33(29(35)31-25-11-10-23(37-3)17-26(25)39-5)12-8-9-22-15-20(2)28-21(19-34(22)30(32)36)16-24(38-4)18-27(28)40-6/h10-11,15-18,20H,7-9,12-14,19H2,1-6H3,(H,31,35)/t20-/m0/s1. The Bertz CT molecular complexity index is 1260. The SMILES string of the molecule is CCN1CCN(C(=O)Nc2ccc(OC)cc2OC)CCCC2=C[C@H](C)c3c(cc(OC)cc3OC)CN2C1=O. The summed E-state index contributed by atoms with van der Waals surface area (Å²) in [5.74, 6) is 2.63. The van der Waals surface area contributed by atoms with Crippen LogP contribution in [0, 0.1) is 0 Å². The molecule has 0 radical (unpaired) electrons. The van der Waals surface area contributed by atoms with Crippen molar-refractivity contribution in [1.82, 2.24) is 14.7 Å². The van der Waals surface area contributed by atoms with Gasteiger partial charge in [0.05, 0.1) is 40.7 Å². The molecule has 1 N–H and O–H groups in total. The molecule has 0 aromatic heterocycles. The molecule has 0 unspecified atom stereocenters. The van der Waals surface area contributed by atoms with Gasteiger partial charge in [0.15, 0.2) is 0 Å². The number of methoxy groups -OCH3 is 4. The zero-order chi connectivity index (χ0) is 28.8. The number of carbonyl (C=O) groups excluding carboxylic acids is 2. The molecule has 10 nitrogen and oxygen atoms in total. The first kappa shape index (κ1) is 28.9. The maximum atomic E-state index is 13.9. The molecule has 40 heavy (non-hydrogen) atoms. The Balaban J connectivity index is 1.59. The van der Waals surface area contributed by atoms with Crippen LogP contribution in [-0.2, 0) is 6.54 Å². The summed E-state index contributed by atoms with van der Waals surface area (Å²) in [6, 6.07) is 8.83. The summed E-state index contributed by atoms with van der Waals surface area (Å²) in [5.41, 5.74) is 3.57. The molecule has 2 aromatic rings. The molecular formula is C30H40N4O6. The largest absolute Gasteiger partial charge is 0.497 e. The van der Waals surface area contributed by atoms with E-state index in [1.165, 1.54) is 0 Å². The van der Waals surface area contributed by atoms with E-state index >= 15 is 0 Å². The van der Waals surface area contributed by atoms with Crippen molar-refractivity contribution in [2.75, 3.05) is 59.9 Å². The highest BCUT2D eigenvalue weighted by Crippen LogP contribution is 2.40. The molecule has 216 valence electrons. The van der Waals surface area contributed by atoms with Gasteiger partial charge in [0, 0.05) is 55.5 Å². The average Bonchev–Trinajstić information content (AvgIpc) is 3.11. The molecule has 2 aliphatic heterocycles. The second kappa shape index (κ2) is 12.8. The van der Waals surface area contributed by atoms with Gasteiger partial charge in [-0.05, 0) is 43.5 Å². The van der Waals surface area contributed by atoms with Crippen molar-refractivity contribution in [2.24, 2.45) is 0 Å². The Hall–Kier alpha value is -4.08. The number of rotatable bonds is 6. The number of carbonyl (C=O) groups is 2. The van der Waals surface area contributed by atoms with E-state index < -0.39 is 0 Å². The number of nitrogens with one attached hydrogen (secondary N) is 1. The van der Waals surface area contributed by atoms with Crippen LogP contribution in [0.5, 0.6) is 23.0 Å². The zero-order valence-corrected chi connectivity index (χ0v) is 24.3. The van der Waals surface area contributed by atoms with Crippen LogP contribution in [0.1, 0.15) is 43.7 Å². The third-order valence-electron chi connectivity index (χ3n) is 7.55. The summed E-state index contributed by atoms with van der Waals surface area (Å²) in [6.45, 7) is 6.39. The molecular weight excluding hydrogens is 512 g/mol. The predicted octanol–water partition coefficient (Wildman–Crippen LogP) is 5.29. The molecule has 0 aliphatic carbocycles. The van der Waals surface area contributed by atoms with Crippen molar-refractivity contribution in [3.63, 3.8) is 0 Å². The molecule has 0 bridgehead atoms. The average molecular weight is 553 g/mol. The van der Waals surface area contributed by atoms with Crippen molar-refractivity contribution in [1.29, 1.82) is 0 Å². The third-order valence-corrected chi connectivity index (χ3v) is 7.55. The number of ether oxygens (including phenoxy) is 4. The fraction of sp³-hybridized carbons (Fsp3) is 0.467. The highest BCUT2D eigenvalue weighted by molar-refractivity contribution is 5.91. The van der Waals surface area contributed by atoms with Crippen molar-refractivity contribution in [3.05, 3.63) is 53.2 Å². The van der Waals surface area contributed by atoms with Gasteiger partial charge in [-0.3, -0.25) is 4.90 Å². The number of hydrogen-bond acceptors (Lipinski definition) is 6. The third kappa shape index (κ3) is 6.05. The van der Waals surface area contributed by atoms with Crippen molar-refractivity contribution in [2.45, 2.75) is 39.2 Å². The minimum Gasteiger partial charge on any atom is -0.497 e. The van der Waals surface area contributed by atoms with Gasteiger partial charge in [0.25, 0.3) is 0 Å². The van der Waals surface area contributed by atoms with Crippen molar-refractivity contribution < 1.29 is 28.5 Å². The topological polar surface area (TPSA) is 92.8 Å². The molecule has 0 saturated carbocycles. The molecule has 2 aromatic carbocycles. The normalized spacial score (nSPS) is 17.6. The summed E-state index contributed by atoms with van der Waals surface area (Å²) in [6.07, 6.45) is 3.51. The first-order chi connectivity index (χ1) is 19.3. The number of likely N-dealkylation sites (N-methyl/N-ethyl adjacent to an activating group) is 1. The highest BCUT2D eigenvalue weighted by Gasteiger charge is 2.31. The summed E-state index contributed by atoms with van der Waals surface area (Å²) in [4.78, 5) is 32.7. The maximum Gasteiger partial charge on any atom is 0.324 e. The van der Waals surface area contributed by atoms with E-state index in [1.807, 2.05) is 24.0 Å². The highest BCUT2D eigenvalue weighted by atomic mass is 16.5. The Morgan fingerprint density at radius 3 is 2.35 bits per heavy atom. The molecule has 2 heterocycles. The van der Waals surface area contributed by atoms with Crippen molar-refractivity contribution in [3.8, 4) is 23.0 Å². The molecule has 4 amide bonds. The minimum absolute atomic E-state index is 0.0311. The van der Waals surface area contributed by atoms with Crippen LogP contribution in [0.15, 0.2) is 42.1 Å². The number of urea groups is 2. The fourth-order valence-corrected chi connectivity index (χ4v) is 5.40. The summed E-state index contributed by atoms with van der Waals surface area (Å²) in [5, 5.41) is 2.97. The summed E-state index contributed by atoms with van der Waals surface area (Å²) >= 11 is 0. The number of fused-ring (bicyclic) bond motifs is 2. The van der Waals surface area contributed by atoms with Crippen LogP contribution in [-0.4, -0.2) is 81.4 Å². The number of amides is 4. The Labute approximate surface area is 236 Å². The lowest BCUT2D eigenvalue weighted by molar-refractivity contribution is 0.151. The van der Waals surface area contributed by atoms with Gasteiger partial charge in [-0.1, -0.05) is 13.0 Å². The van der Waals surface area contributed by atoms with E-state index in [2.05, 4.69) is 18.3 Å². The van der Waals surface area contributed by atoms with Crippen LogP contribution in [0.2, 0.25) is 0 Å². The Morgan fingerprint density at radius 2 is 1.68 bits per heavy atom. The van der Waals surface area contributed by atoms with Gasteiger partial charge < -0.3 is 34.1 Å². The number of hydrogen-bond donors (Lipinski definition) is 1. The number of allylic oxidation sites excluding steroid dienone is 2. The van der Waals surface area contributed by atoms with E-state index in [0.717, 1.165) is 22.6 Å². The molecule has 10 heteroatoms. The minimum atomic E-state index is -0.239. The van der Waals surface area contributed by atoms with Crippen LogP contribution >= 0.6 is 0 Å². The summed E-state index contributed by atoms with van der Waals surface area (Å²) in [7, 11) is 6.42. The Morgan fingerprint density at radius 1 is 0.950 bits per heavy atom. The van der Waals surface area contributed by atoms with E-state index in [-0.39, 0.29) is 18.0 Å². The Kier molecular flexibility index (Phi) is 9.29. The monoisotopic (exact) mass is 552 g/mol. The maximum absolute atomic E-state index is 13.9. The second-order valence-electron chi connectivity index (χ2n) is 9.88. The van der Waals surface area contributed by atoms with E-state index in [0.29, 0.717) is 68.5 Å². The van der Waals surface area contributed by atoms with Gasteiger partial charge in [0.1, 0.15) is 23.0 Å². The first-order valence-corrected chi connectivity index (χ1v) is 13.6. The fourth-order valence-electron chi connectivity index (χ4n) is 5.40. The molecule has 2 aliphatic rings.